The summed E-state index contributed by atoms with van der Waals surface area (Å²) in [5.41, 5.74) is 5.73. The molecule has 2 N–H and O–H groups in total. The van der Waals surface area contributed by atoms with Gasteiger partial charge in [0.15, 0.2) is 0 Å². The largest absolute Gasteiger partial charge is 0.341 e. The molecule has 0 radical (unpaired) electrons. The third-order valence-corrected chi connectivity index (χ3v) is 3.40. The quantitative estimate of drug-likeness (QED) is 0.727. The number of nitrogens with two attached hydrogens (primary N) is 1. The summed E-state index contributed by atoms with van der Waals surface area (Å²) in [5, 5.41) is 0. The summed E-state index contributed by atoms with van der Waals surface area (Å²) < 4.78 is 0. The van der Waals surface area contributed by atoms with Crippen LogP contribution in [-0.4, -0.2) is 30.4 Å². The lowest BCUT2D eigenvalue weighted by atomic mass is 10.0. The lowest BCUT2D eigenvalue weighted by molar-refractivity contribution is -0.136. The SMILES string of the molecule is CCCC(C)C(=O)N(C)C(CN)C1CC1. The van der Waals surface area contributed by atoms with Crippen LogP contribution in [0.25, 0.3) is 0 Å². The maximum atomic E-state index is 12.0. The Kier molecular flexibility index (Phi) is 4.58. The van der Waals surface area contributed by atoms with Gasteiger partial charge in [0.2, 0.25) is 5.91 Å². The summed E-state index contributed by atoms with van der Waals surface area (Å²) in [5.74, 6) is 1.07. The summed E-state index contributed by atoms with van der Waals surface area (Å²) in [6.45, 7) is 4.74. The fraction of sp³-hybridized carbons (Fsp3) is 0.917. The molecule has 88 valence electrons. The molecule has 1 aliphatic carbocycles. The molecular weight excluding hydrogens is 188 g/mol. The van der Waals surface area contributed by atoms with Gasteiger partial charge < -0.3 is 10.6 Å². The average Bonchev–Trinajstić information content (AvgIpc) is 3.02. The van der Waals surface area contributed by atoms with Crippen molar-refractivity contribution in [2.24, 2.45) is 17.6 Å². The van der Waals surface area contributed by atoms with Crippen LogP contribution in [0.15, 0.2) is 0 Å². The first-order chi connectivity index (χ1) is 7.11. The molecule has 0 saturated heterocycles. The number of likely N-dealkylation sites (N-methyl/N-ethyl adjacent to an activating group) is 1. The van der Waals surface area contributed by atoms with Crippen molar-refractivity contribution < 1.29 is 4.79 Å². The zero-order chi connectivity index (χ0) is 11.4. The molecule has 1 saturated carbocycles. The molecule has 0 spiro atoms. The number of nitrogens with zero attached hydrogens (tertiary/aromatic N) is 1. The Balaban J connectivity index is 2.49. The summed E-state index contributed by atoms with van der Waals surface area (Å²) in [6, 6.07) is 0.275. The highest BCUT2D eigenvalue weighted by atomic mass is 16.2. The first-order valence-electron chi connectivity index (χ1n) is 6.08. The number of amides is 1. The van der Waals surface area contributed by atoms with Crippen LogP contribution in [0.4, 0.5) is 0 Å². The van der Waals surface area contributed by atoms with Gasteiger partial charge in [0, 0.05) is 25.6 Å². The standard InChI is InChI=1S/C12H24N2O/c1-4-5-9(2)12(15)14(3)11(8-13)10-6-7-10/h9-11H,4-8,13H2,1-3H3. The van der Waals surface area contributed by atoms with E-state index in [1.165, 1.54) is 12.8 Å². The predicted octanol–water partition coefficient (Wildman–Crippen LogP) is 1.62. The second-order valence-electron chi connectivity index (χ2n) is 4.78. The van der Waals surface area contributed by atoms with E-state index >= 15 is 0 Å². The lowest BCUT2D eigenvalue weighted by Crippen LogP contribution is -2.45. The summed E-state index contributed by atoms with van der Waals surface area (Å²) >= 11 is 0. The number of hydrogen-bond acceptors (Lipinski definition) is 2. The molecule has 2 atom stereocenters. The predicted molar refractivity (Wildman–Crippen MR) is 62.4 cm³/mol. The zero-order valence-electron chi connectivity index (χ0n) is 10.2. The number of rotatable bonds is 6. The van der Waals surface area contributed by atoms with Crippen molar-refractivity contribution in [1.82, 2.24) is 4.90 Å². The maximum Gasteiger partial charge on any atom is 0.225 e. The minimum absolute atomic E-state index is 0.146. The van der Waals surface area contributed by atoms with Gasteiger partial charge in [-0.15, -0.1) is 0 Å². The Bertz CT molecular complexity index is 214. The number of carbonyl (C=O) groups excluding carboxylic acids is 1. The van der Waals surface area contributed by atoms with E-state index in [4.69, 9.17) is 5.73 Å². The number of hydrogen-bond donors (Lipinski definition) is 1. The minimum atomic E-state index is 0.146. The van der Waals surface area contributed by atoms with Crippen LogP contribution >= 0.6 is 0 Å². The highest BCUT2D eigenvalue weighted by Gasteiger charge is 2.35. The lowest BCUT2D eigenvalue weighted by Gasteiger charge is -2.29. The van der Waals surface area contributed by atoms with Crippen LogP contribution in [0.2, 0.25) is 0 Å². The number of carbonyl (C=O) groups is 1. The normalized spacial score (nSPS) is 19.7. The van der Waals surface area contributed by atoms with Crippen molar-refractivity contribution in [2.75, 3.05) is 13.6 Å². The summed E-state index contributed by atoms with van der Waals surface area (Å²) in [4.78, 5) is 13.9. The van der Waals surface area contributed by atoms with E-state index in [2.05, 4.69) is 6.92 Å². The summed E-state index contributed by atoms with van der Waals surface area (Å²) in [7, 11) is 1.91. The van der Waals surface area contributed by atoms with E-state index < -0.39 is 0 Å². The van der Waals surface area contributed by atoms with E-state index in [0.29, 0.717) is 12.5 Å². The molecule has 1 fully saturated rings. The van der Waals surface area contributed by atoms with Crippen LogP contribution < -0.4 is 5.73 Å². The van der Waals surface area contributed by atoms with Gasteiger partial charge >= 0.3 is 0 Å². The van der Waals surface area contributed by atoms with Crippen LogP contribution in [0, 0.1) is 11.8 Å². The smallest absolute Gasteiger partial charge is 0.225 e. The Hall–Kier alpha value is -0.570. The molecule has 15 heavy (non-hydrogen) atoms. The Labute approximate surface area is 93.0 Å². The molecule has 0 aliphatic heterocycles. The fourth-order valence-electron chi connectivity index (χ4n) is 2.22. The van der Waals surface area contributed by atoms with Gasteiger partial charge in [0.25, 0.3) is 0 Å². The monoisotopic (exact) mass is 212 g/mol. The molecule has 1 aliphatic rings. The van der Waals surface area contributed by atoms with Gasteiger partial charge in [-0.05, 0) is 25.2 Å². The molecular formula is C12H24N2O. The average molecular weight is 212 g/mol. The van der Waals surface area contributed by atoms with Crippen molar-refractivity contribution >= 4 is 5.91 Å². The molecule has 0 bridgehead atoms. The Morgan fingerprint density at radius 3 is 2.53 bits per heavy atom. The van der Waals surface area contributed by atoms with Crippen LogP contribution in [-0.2, 0) is 4.79 Å². The molecule has 0 heterocycles. The van der Waals surface area contributed by atoms with Crippen molar-refractivity contribution in [3.63, 3.8) is 0 Å². The highest BCUT2D eigenvalue weighted by molar-refractivity contribution is 5.78. The molecule has 3 nitrogen and oxygen atoms in total. The van der Waals surface area contributed by atoms with Gasteiger partial charge in [-0.3, -0.25) is 4.79 Å². The first-order valence-corrected chi connectivity index (χ1v) is 6.08. The van der Waals surface area contributed by atoms with E-state index in [1.807, 2.05) is 18.9 Å². The first kappa shape index (κ1) is 12.5. The third-order valence-electron chi connectivity index (χ3n) is 3.40. The van der Waals surface area contributed by atoms with E-state index in [9.17, 15) is 4.79 Å². The molecule has 2 unspecified atom stereocenters. The fourth-order valence-corrected chi connectivity index (χ4v) is 2.22. The molecule has 0 aromatic heterocycles. The minimum Gasteiger partial charge on any atom is -0.341 e. The third kappa shape index (κ3) is 3.20. The van der Waals surface area contributed by atoms with Crippen LogP contribution in [0.3, 0.4) is 0 Å². The van der Waals surface area contributed by atoms with E-state index in [0.717, 1.165) is 12.8 Å². The Morgan fingerprint density at radius 2 is 2.13 bits per heavy atom. The van der Waals surface area contributed by atoms with Gasteiger partial charge in [-0.2, -0.15) is 0 Å². The molecule has 0 aromatic rings. The van der Waals surface area contributed by atoms with Crippen molar-refractivity contribution in [3.05, 3.63) is 0 Å². The second kappa shape index (κ2) is 5.50. The molecule has 3 heteroatoms. The topological polar surface area (TPSA) is 46.3 Å². The highest BCUT2D eigenvalue weighted by Crippen LogP contribution is 2.35. The van der Waals surface area contributed by atoms with Gasteiger partial charge in [-0.25, -0.2) is 0 Å². The second-order valence-corrected chi connectivity index (χ2v) is 4.78. The van der Waals surface area contributed by atoms with E-state index in [1.54, 1.807) is 0 Å². The van der Waals surface area contributed by atoms with Gasteiger partial charge in [0.05, 0.1) is 0 Å². The summed E-state index contributed by atoms with van der Waals surface area (Å²) in [6.07, 6.45) is 4.52. The van der Waals surface area contributed by atoms with Gasteiger partial charge in [-0.1, -0.05) is 20.3 Å². The zero-order valence-corrected chi connectivity index (χ0v) is 10.2. The van der Waals surface area contributed by atoms with Crippen LogP contribution in [0.5, 0.6) is 0 Å². The molecule has 1 rings (SSSR count). The van der Waals surface area contributed by atoms with E-state index in [-0.39, 0.29) is 17.9 Å². The maximum absolute atomic E-state index is 12.0. The van der Waals surface area contributed by atoms with Crippen molar-refractivity contribution in [2.45, 2.75) is 45.6 Å². The molecule has 1 amide bonds. The van der Waals surface area contributed by atoms with Gasteiger partial charge in [0.1, 0.15) is 0 Å². The Morgan fingerprint density at radius 1 is 1.53 bits per heavy atom. The molecule has 0 aromatic carbocycles. The van der Waals surface area contributed by atoms with Crippen LogP contribution in [0.1, 0.15) is 39.5 Å². The van der Waals surface area contributed by atoms with Crippen molar-refractivity contribution in [3.8, 4) is 0 Å². The van der Waals surface area contributed by atoms with Crippen molar-refractivity contribution in [1.29, 1.82) is 0 Å².